The maximum absolute atomic E-state index is 5.92. The van der Waals surface area contributed by atoms with Gasteiger partial charge in [-0.25, -0.2) is 0 Å². The summed E-state index contributed by atoms with van der Waals surface area (Å²) >= 11 is 11.2. The number of hydrogen-bond donors (Lipinski definition) is 0. The highest BCUT2D eigenvalue weighted by molar-refractivity contribution is 9.10. The van der Waals surface area contributed by atoms with E-state index in [9.17, 15) is 0 Å². The molecule has 0 fully saturated rings. The second-order valence-corrected chi connectivity index (χ2v) is 6.08. The van der Waals surface area contributed by atoms with E-state index >= 15 is 0 Å². The summed E-state index contributed by atoms with van der Waals surface area (Å²) in [4.78, 5) is 2.42. The van der Waals surface area contributed by atoms with E-state index in [4.69, 9.17) is 11.6 Å². The first kappa shape index (κ1) is 13.0. The third-order valence-electron chi connectivity index (χ3n) is 2.45. The number of aryl methyl sites for hydroxylation is 1. The lowest BCUT2D eigenvalue weighted by molar-refractivity contribution is 1.13. The molecule has 0 N–H and O–H groups in total. The molecular formula is C14H12BrClS. The van der Waals surface area contributed by atoms with Crippen molar-refractivity contribution in [1.29, 1.82) is 0 Å². The van der Waals surface area contributed by atoms with Crippen LogP contribution in [0.4, 0.5) is 0 Å². The van der Waals surface area contributed by atoms with Crippen LogP contribution in [-0.4, -0.2) is 0 Å². The zero-order valence-electron chi connectivity index (χ0n) is 9.41. The van der Waals surface area contributed by atoms with Crippen LogP contribution in [0.15, 0.2) is 56.7 Å². The Labute approximate surface area is 120 Å². The largest absolute Gasteiger partial charge is 0.0889 e. The first-order valence-corrected chi connectivity index (χ1v) is 7.39. The van der Waals surface area contributed by atoms with Crippen LogP contribution < -0.4 is 0 Å². The van der Waals surface area contributed by atoms with Crippen LogP contribution in [0.25, 0.3) is 0 Å². The van der Waals surface area contributed by atoms with Gasteiger partial charge in [0.2, 0.25) is 0 Å². The predicted molar refractivity (Wildman–Crippen MR) is 79.1 cm³/mol. The SMILES string of the molecule is CCc1ccc(Sc2ccc(Cl)cc2Br)cc1. The van der Waals surface area contributed by atoms with Crippen molar-refractivity contribution in [2.75, 3.05) is 0 Å². The number of halogens is 2. The molecule has 88 valence electrons. The summed E-state index contributed by atoms with van der Waals surface area (Å²) in [5.41, 5.74) is 1.37. The van der Waals surface area contributed by atoms with Crippen LogP contribution in [0, 0.1) is 0 Å². The summed E-state index contributed by atoms with van der Waals surface area (Å²) in [5.74, 6) is 0. The molecule has 0 aliphatic rings. The smallest absolute Gasteiger partial charge is 0.0418 e. The molecule has 0 bridgehead atoms. The second kappa shape index (κ2) is 5.94. The molecule has 0 amide bonds. The van der Waals surface area contributed by atoms with Gasteiger partial charge in [0.1, 0.15) is 0 Å². The highest BCUT2D eigenvalue weighted by Gasteiger charge is 2.03. The van der Waals surface area contributed by atoms with Crippen molar-refractivity contribution in [3.05, 3.63) is 57.5 Å². The van der Waals surface area contributed by atoms with Crippen molar-refractivity contribution in [3.63, 3.8) is 0 Å². The van der Waals surface area contributed by atoms with Crippen molar-refractivity contribution in [2.24, 2.45) is 0 Å². The molecule has 0 aliphatic heterocycles. The van der Waals surface area contributed by atoms with Crippen molar-refractivity contribution in [2.45, 2.75) is 23.1 Å². The van der Waals surface area contributed by atoms with Gasteiger partial charge in [0.25, 0.3) is 0 Å². The third kappa shape index (κ3) is 3.51. The van der Waals surface area contributed by atoms with Crippen LogP contribution in [0.1, 0.15) is 12.5 Å². The molecule has 0 aliphatic carbocycles. The van der Waals surface area contributed by atoms with Crippen molar-refractivity contribution >= 4 is 39.3 Å². The fourth-order valence-corrected chi connectivity index (χ4v) is 3.22. The van der Waals surface area contributed by atoms with E-state index in [1.807, 2.05) is 18.2 Å². The third-order valence-corrected chi connectivity index (χ3v) is 4.69. The number of hydrogen-bond acceptors (Lipinski definition) is 1. The van der Waals surface area contributed by atoms with E-state index < -0.39 is 0 Å². The minimum atomic E-state index is 0.752. The Bertz CT molecular complexity index is 508. The molecule has 0 heterocycles. The Kier molecular flexibility index (Phi) is 4.55. The molecule has 3 heteroatoms. The van der Waals surface area contributed by atoms with Gasteiger partial charge in [0.05, 0.1) is 0 Å². The maximum Gasteiger partial charge on any atom is 0.0418 e. The van der Waals surface area contributed by atoms with E-state index in [1.54, 1.807) is 11.8 Å². The summed E-state index contributed by atoms with van der Waals surface area (Å²) in [7, 11) is 0. The molecule has 2 aromatic rings. The molecule has 0 spiro atoms. The van der Waals surface area contributed by atoms with E-state index in [-0.39, 0.29) is 0 Å². The van der Waals surface area contributed by atoms with E-state index in [1.165, 1.54) is 15.4 Å². The van der Waals surface area contributed by atoms with Crippen LogP contribution in [-0.2, 0) is 6.42 Å². The Hall–Kier alpha value is -0.440. The topological polar surface area (TPSA) is 0 Å². The quantitative estimate of drug-likeness (QED) is 0.685. The maximum atomic E-state index is 5.92. The van der Waals surface area contributed by atoms with Crippen LogP contribution in [0.5, 0.6) is 0 Å². The molecule has 0 atom stereocenters. The molecule has 0 unspecified atom stereocenters. The fraction of sp³-hybridized carbons (Fsp3) is 0.143. The molecule has 2 rings (SSSR count). The molecule has 0 saturated heterocycles. The van der Waals surface area contributed by atoms with Gasteiger partial charge in [-0.2, -0.15) is 0 Å². The van der Waals surface area contributed by atoms with Crippen LogP contribution in [0.2, 0.25) is 5.02 Å². The summed E-state index contributed by atoms with van der Waals surface area (Å²) in [6.07, 6.45) is 1.08. The molecule has 0 saturated carbocycles. The van der Waals surface area contributed by atoms with Gasteiger partial charge in [-0.15, -0.1) is 0 Å². The van der Waals surface area contributed by atoms with Gasteiger partial charge in [0.15, 0.2) is 0 Å². The van der Waals surface area contributed by atoms with Gasteiger partial charge in [-0.1, -0.05) is 42.4 Å². The Balaban J connectivity index is 2.19. The average molecular weight is 328 g/mol. The first-order chi connectivity index (χ1) is 8.19. The highest BCUT2D eigenvalue weighted by atomic mass is 79.9. The molecule has 2 aromatic carbocycles. The summed E-state index contributed by atoms with van der Waals surface area (Å²) in [6, 6.07) is 14.5. The van der Waals surface area contributed by atoms with Gasteiger partial charge in [0, 0.05) is 19.3 Å². The fourth-order valence-electron chi connectivity index (χ4n) is 1.48. The van der Waals surface area contributed by atoms with Gasteiger partial charge in [-0.05, 0) is 58.2 Å². The summed E-state index contributed by atoms with van der Waals surface area (Å²) < 4.78 is 1.04. The molecule has 17 heavy (non-hydrogen) atoms. The molecule has 0 radical (unpaired) electrons. The first-order valence-electron chi connectivity index (χ1n) is 5.41. The van der Waals surface area contributed by atoms with Crippen molar-refractivity contribution in [3.8, 4) is 0 Å². The lowest BCUT2D eigenvalue weighted by Crippen LogP contribution is -1.80. The highest BCUT2D eigenvalue weighted by Crippen LogP contribution is 2.34. The lowest BCUT2D eigenvalue weighted by Gasteiger charge is -2.05. The van der Waals surface area contributed by atoms with Crippen molar-refractivity contribution in [1.82, 2.24) is 0 Å². The summed E-state index contributed by atoms with van der Waals surface area (Å²) in [6.45, 7) is 2.16. The summed E-state index contributed by atoms with van der Waals surface area (Å²) in [5, 5.41) is 0.752. The molecule has 0 nitrogen and oxygen atoms in total. The Morgan fingerprint density at radius 3 is 2.41 bits per heavy atom. The predicted octanol–water partition coefficient (Wildman–Crippen LogP) is 5.82. The molecule has 0 aromatic heterocycles. The van der Waals surface area contributed by atoms with Crippen molar-refractivity contribution < 1.29 is 0 Å². The number of rotatable bonds is 3. The molecular weight excluding hydrogens is 316 g/mol. The van der Waals surface area contributed by atoms with Gasteiger partial charge >= 0.3 is 0 Å². The minimum absolute atomic E-state index is 0.752. The zero-order valence-corrected chi connectivity index (χ0v) is 12.6. The van der Waals surface area contributed by atoms with Gasteiger partial charge in [-0.3, -0.25) is 0 Å². The second-order valence-electron chi connectivity index (χ2n) is 3.67. The van der Waals surface area contributed by atoms with Gasteiger partial charge < -0.3 is 0 Å². The minimum Gasteiger partial charge on any atom is -0.0889 e. The van der Waals surface area contributed by atoms with Crippen LogP contribution in [0.3, 0.4) is 0 Å². The average Bonchev–Trinajstić information content (AvgIpc) is 2.34. The van der Waals surface area contributed by atoms with Crippen LogP contribution >= 0.6 is 39.3 Å². The number of benzene rings is 2. The monoisotopic (exact) mass is 326 g/mol. The Morgan fingerprint density at radius 2 is 1.82 bits per heavy atom. The van der Waals surface area contributed by atoms with E-state index in [0.717, 1.165) is 15.9 Å². The lowest BCUT2D eigenvalue weighted by atomic mass is 10.2. The van der Waals surface area contributed by atoms with E-state index in [2.05, 4.69) is 47.1 Å². The standard InChI is InChI=1S/C14H12BrClS/c1-2-10-3-6-12(7-4-10)17-14-8-5-11(16)9-13(14)15/h3-9H,2H2,1H3. The zero-order chi connectivity index (χ0) is 12.3. The normalized spacial score (nSPS) is 10.5. The Morgan fingerprint density at radius 1 is 1.12 bits per heavy atom. The van der Waals surface area contributed by atoms with E-state index in [0.29, 0.717) is 0 Å².